The Bertz CT molecular complexity index is 448. The summed E-state index contributed by atoms with van der Waals surface area (Å²) in [7, 11) is 2.44. The van der Waals surface area contributed by atoms with Gasteiger partial charge in [0.2, 0.25) is 0 Å². The largest absolute Gasteiger partial charge is 0.330 e. The smallest absolute Gasteiger partial charge is 0.281 e. The highest BCUT2D eigenvalue weighted by molar-refractivity contribution is 7.86. The van der Waals surface area contributed by atoms with Gasteiger partial charge in [0.25, 0.3) is 10.2 Å². The van der Waals surface area contributed by atoms with Gasteiger partial charge in [-0.2, -0.15) is 17.0 Å². The highest BCUT2D eigenvalue weighted by Gasteiger charge is 2.43. The van der Waals surface area contributed by atoms with Crippen molar-refractivity contribution in [2.24, 2.45) is 11.7 Å². The first kappa shape index (κ1) is 17.1. The molecule has 1 saturated carbocycles. The molecule has 0 spiro atoms. The lowest BCUT2D eigenvalue weighted by atomic mass is 9.75. The molecule has 0 aromatic carbocycles. The summed E-state index contributed by atoms with van der Waals surface area (Å²) in [5, 5.41) is 0. The zero-order chi connectivity index (χ0) is 15.7. The Labute approximate surface area is 129 Å². The number of rotatable bonds is 6. The summed E-state index contributed by atoms with van der Waals surface area (Å²) in [5.74, 6) is 0.299. The van der Waals surface area contributed by atoms with E-state index in [2.05, 4.69) is 4.90 Å². The van der Waals surface area contributed by atoms with Crippen molar-refractivity contribution in [1.29, 1.82) is 0 Å². The molecule has 1 aliphatic carbocycles. The molecule has 1 unspecified atom stereocenters. The fourth-order valence-electron chi connectivity index (χ4n) is 3.45. The van der Waals surface area contributed by atoms with Gasteiger partial charge in [-0.15, -0.1) is 0 Å². The SMILES string of the molecule is CN(C)C1(CN(C)S(=O)(=O)N2CCCC(CN)C2)CCC1. The summed E-state index contributed by atoms with van der Waals surface area (Å²) >= 11 is 0. The number of nitrogens with two attached hydrogens (primary N) is 1. The fraction of sp³-hybridized carbons (Fsp3) is 1.00. The number of hydrogen-bond donors (Lipinski definition) is 1. The monoisotopic (exact) mass is 318 g/mol. The third-order valence-electron chi connectivity index (χ3n) is 5.29. The van der Waals surface area contributed by atoms with Gasteiger partial charge in [0.1, 0.15) is 0 Å². The molecular weight excluding hydrogens is 288 g/mol. The molecule has 1 saturated heterocycles. The van der Waals surface area contributed by atoms with Gasteiger partial charge in [0.05, 0.1) is 0 Å². The van der Waals surface area contributed by atoms with E-state index in [-0.39, 0.29) is 5.54 Å². The molecule has 2 aliphatic rings. The summed E-state index contributed by atoms with van der Waals surface area (Å²) in [6.07, 6.45) is 5.28. The van der Waals surface area contributed by atoms with Crippen LogP contribution in [-0.2, 0) is 10.2 Å². The summed E-state index contributed by atoms with van der Waals surface area (Å²) < 4.78 is 28.7. The van der Waals surface area contributed by atoms with E-state index in [4.69, 9.17) is 5.73 Å². The molecule has 2 rings (SSSR count). The van der Waals surface area contributed by atoms with Crippen LogP contribution in [0.2, 0.25) is 0 Å². The molecule has 0 bridgehead atoms. The Morgan fingerprint density at radius 3 is 2.38 bits per heavy atom. The molecule has 6 nitrogen and oxygen atoms in total. The van der Waals surface area contributed by atoms with Gasteiger partial charge in [0, 0.05) is 32.2 Å². The van der Waals surface area contributed by atoms with Crippen LogP contribution in [0.15, 0.2) is 0 Å². The first-order chi connectivity index (χ1) is 9.82. The Hall–Kier alpha value is -0.210. The minimum absolute atomic E-state index is 0.0187. The number of piperidine rings is 1. The maximum atomic E-state index is 12.8. The van der Waals surface area contributed by atoms with E-state index >= 15 is 0 Å². The second-order valence-corrected chi connectivity index (χ2v) is 8.87. The number of likely N-dealkylation sites (N-methyl/N-ethyl adjacent to an activating group) is 2. The van der Waals surface area contributed by atoms with E-state index in [9.17, 15) is 8.42 Å². The molecule has 1 atom stereocenters. The highest BCUT2D eigenvalue weighted by Crippen LogP contribution is 2.37. The third-order valence-corrected chi connectivity index (χ3v) is 7.19. The average molecular weight is 318 g/mol. The topological polar surface area (TPSA) is 69.9 Å². The van der Waals surface area contributed by atoms with Crippen LogP contribution < -0.4 is 5.73 Å². The molecule has 7 heteroatoms. The molecule has 2 N–H and O–H groups in total. The van der Waals surface area contributed by atoms with Crippen molar-refractivity contribution >= 4 is 10.2 Å². The second-order valence-electron chi connectivity index (χ2n) is 6.84. The predicted molar refractivity (Wildman–Crippen MR) is 85.2 cm³/mol. The first-order valence-electron chi connectivity index (χ1n) is 7.91. The summed E-state index contributed by atoms with van der Waals surface area (Å²) in [4.78, 5) is 2.18. The lowest BCUT2D eigenvalue weighted by molar-refractivity contribution is 0.0439. The van der Waals surface area contributed by atoms with Crippen molar-refractivity contribution in [3.05, 3.63) is 0 Å². The molecule has 0 aromatic rings. The minimum atomic E-state index is -3.36. The Morgan fingerprint density at radius 1 is 1.24 bits per heavy atom. The maximum absolute atomic E-state index is 12.8. The molecule has 0 amide bonds. The zero-order valence-electron chi connectivity index (χ0n) is 13.6. The van der Waals surface area contributed by atoms with E-state index in [1.165, 1.54) is 6.42 Å². The van der Waals surface area contributed by atoms with E-state index in [1.54, 1.807) is 15.7 Å². The Morgan fingerprint density at radius 2 is 1.90 bits per heavy atom. The van der Waals surface area contributed by atoms with Gasteiger partial charge in [0.15, 0.2) is 0 Å². The minimum Gasteiger partial charge on any atom is -0.330 e. The molecule has 2 fully saturated rings. The van der Waals surface area contributed by atoms with E-state index < -0.39 is 10.2 Å². The van der Waals surface area contributed by atoms with Crippen molar-refractivity contribution in [3.63, 3.8) is 0 Å². The summed E-state index contributed by atoms with van der Waals surface area (Å²) in [6.45, 7) is 2.33. The van der Waals surface area contributed by atoms with Gasteiger partial charge in [-0.05, 0) is 58.7 Å². The standard InChI is InChI=1S/C14H30N4O2S/c1-16(2)14(7-5-8-14)12-17(3)21(19,20)18-9-4-6-13(10-15)11-18/h13H,4-12,15H2,1-3H3. The van der Waals surface area contributed by atoms with Crippen molar-refractivity contribution < 1.29 is 8.42 Å². The van der Waals surface area contributed by atoms with Gasteiger partial charge in [-0.1, -0.05) is 0 Å². The summed E-state index contributed by atoms with van der Waals surface area (Å²) in [5.41, 5.74) is 5.73. The van der Waals surface area contributed by atoms with Crippen LogP contribution in [0.25, 0.3) is 0 Å². The molecule has 21 heavy (non-hydrogen) atoms. The van der Waals surface area contributed by atoms with Gasteiger partial charge in [-0.3, -0.25) is 0 Å². The molecular formula is C14H30N4O2S. The van der Waals surface area contributed by atoms with Crippen LogP contribution in [-0.4, -0.2) is 74.8 Å². The van der Waals surface area contributed by atoms with Crippen LogP contribution in [0.4, 0.5) is 0 Å². The van der Waals surface area contributed by atoms with E-state index in [0.717, 1.165) is 25.7 Å². The first-order valence-corrected chi connectivity index (χ1v) is 9.30. The number of hydrogen-bond acceptors (Lipinski definition) is 4. The summed E-state index contributed by atoms with van der Waals surface area (Å²) in [6, 6.07) is 0. The normalized spacial score (nSPS) is 27.0. The average Bonchev–Trinajstić information content (AvgIpc) is 2.42. The molecule has 124 valence electrons. The van der Waals surface area contributed by atoms with Crippen molar-refractivity contribution in [2.75, 3.05) is 47.3 Å². The van der Waals surface area contributed by atoms with Gasteiger partial charge in [-0.25, -0.2) is 0 Å². The van der Waals surface area contributed by atoms with Crippen molar-refractivity contribution in [1.82, 2.24) is 13.5 Å². The number of nitrogens with zero attached hydrogens (tertiary/aromatic N) is 3. The predicted octanol–water partition coefficient (Wildman–Crippen LogP) is 0.318. The van der Waals surface area contributed by atoms with Crippen molar-refractivity contribution in [2.45, 2.75) is 37.6 Å². The van der Waals surface area contributed by atoms with E-state index in [1.807, 2.05) is 14.1 Å². The lowest BCUT2D eigenvalue weighted by Crippen LogP contribution is -2.59. The van der Waals surface area contributed by atoms with E-state index in [0.29, 0.717) is 32.1 Å². The van der Waals surface area contributed by atoms with Crippen LogP contribution in [0.5, 0.6) is 0 Å². The molecule has 0 aromatic heterocycles. The van der Waals surface area contributed by atoms with Gasteiger partial charge < -0.3 is 10.6 Å². The van der Waals surface area contributed by atoms with Gasteiger partial charge >= 0.3 is 0 Å². The van der Waals surface area contributed by atoms with Crippen LogP contribution in [0, 0.1) is 5.92 Å². The van der Waals surface area contributed by atoms with Crippen molar-refractivity contribution in [3.8, 4) is 0 Å². The molecule has 0 radical (unpaired) electrons. The molecule has 1 heterocycles. The Kier molecular flexibility index (Phi) is 5.31. The fourth-order valence-corrected chi connectivity index (χ4v) is 5.01. The third kappa shape index (κ3) is 3.42. The second kappa shape index (κ2) is 6.50. The maximum Gasteiger partial charge on any atom is 0.281 e. The zero-order valence-corrected chi connectivity index (χ0v) is 14.4. The quantitative estimate of drug-likeness (QED) is 0.766. The van der Waals surface area contributed by atoms with Crippen LogP contribution >= 0.6 is 0 Å². The lowest BCUT2D eigenvalue weighted by Gasteiger charge is -2.49. The Balaban J connectivity index is 2.04. The highest BCUT2D eigenvalue weighted by atomic mass is 32.2. The molecule has 1 aliphatic heterocycles. The van der Waals surface area contributed by atoms with Crippen LogP contribution in [0.3, 0.4) is 0 Å². The van der Waals surface area contributed by atoms with Crippen LogP contribution in [0.1, 0.15) is 32.1 Å².